The van der Waals surface area contributed by atoms with Gasteiger partial charge in [-0.3, -0.25) is 0 Å². The Labute approximate surface area is 131 Å². The maximum absolute atomic E-state index is 9.65. The van der Waals surface area contributed by atoms with Gasteiger partial charge in [0.1, 0.15) is 5.54 Å². The highest BCUT2D eigenvalue weighted by atomic mass is 15.0. The molecule has 3 nitrogen and oxygen atoms in total. The van der Waals surface area contributed by atoms with Crippen molar-refractivity contribution in [1.29, 1.82) is 5.26 Å². The van der Waals surface area contributed by atoms with Crippen LogP contribution < -0.4 is 11.1 Å². The largest absolute Gasteiger partial charge is 0.313 e. The van der Waals surface area contributed by atoms with Crippen LogP contribution in [0.1, 0.15) is 36.6 Å². The van der Waals surface area contributed by atoms with Crippen LogP contribution in [-0.4, -0.2) is 5.54 Å². The van der Waals surface area contributed by atoms with Gasteiger partial charge >= 0.3 is 0 Å². The van der Waals surface area contributed by atoms with Gasteiger partial charge in [0.15, 0.2) is 0 Å². The van der Waals surface area contributed by atoms with Crippen molar-refractivity contribution < 1.29 is 0 Å². The van der Waals surface area contributed by atoms with Gasteiger partial charge in [0.05, 0.1) is 6.07 Å². The molecule has 4 atom stereocenters. The summed E-state index contributed by atoms with van der Waals surface area (Å²) < 4.78 is 0. The highest BCUT2D eigenvalue weighted by Crippen LogP contribution is 2.41. The Morgan fingerprint density at radius 3 is 2.14 bits per heavy atom. The van der Waals surface area contributed by atoms with E-state index in [0.29, 0.717) is 6.42 Å². The monoisotopic (exact) mass is 291 g/mol. The molecule has 1 aliphatic rings. The summed E-state index contributed by atoms with van der Waals surface area (Å²) in [5, 5.41) is 13.3. The molecule has 2 aromatic carbocycles. The molecule has 0 aromatic heterocycles. The van der Waals surface area contributed by atoms with Crippen molar-refractivity contribution in [3.05, 3.63) is 71.8 Å². The van der Waals surface area contributed by atoms with E-state index >= 15 is 0 Å². The molecule has 3 heteroatoms. The summed E-state index contributed by atoms with van der Waals surface area (Å²) in [4.78, 5) is 0. The Morgan fingerprint density at radius 1 is 1.05 bits per heavy atom. The van der Waals surface area contributed by atoms with Crippen molar-refractivity contribution in [2.75, 3.05) is 0 Å². The fourth-order valence-corrected chi connectivity index (χ4v) is 3.33. The van der Waals surface area contributed by atoms with E-state index < -0.39 is 5.54 Å². The fourth-order valence-electron chi connectivity index (χ4n) is 3.33. The van der Waals surface area contributed by atoms with E-state index in [-0.39, 0.29) is 18.0 Å². The van der Waals surface area contributed by atoms with Gasteiger partial charge in [-0.2, -0.15) is 5.26 Å². The molecular formula is C19H21N3. The Hall–Kier alpha value is -2.15. The summed E-state index contributed by atoms with van der Waals surface area (Å²) in [6.07, 6.45) is 0.623. The molecule has 0 unspecified atom stereocenters. The molecule has 1 aliphatic heterocycles. The molecule has 0 spiro atoms. The molecule has 1 fully saturated rings. The minimum absolute atomic E-state index is 0.0415. The third-order valence-corrected chi connectivity index (χ3v) is 4.80. The Balaban J connectivity index is 1.98. The van der Waals surface area contributed by atoms with Gasteiger partial charge < -0.3 is 11.1 Å². The fraction of sp³-hybridized carbons (Fsp3) is 0.316. The lowest BCUT2D eigenvalue weighted by Crippen LogP contribution is -2.56. The van der Waals surface area contributed by atoms with Crippen molar-refractivity contribution in [2.45, 2.75) is 31.0 Å². The van der Waals surface area contributed by atoms with E-state index in [1.165, 1.54) is 11.1 Å². The number of nitrogens with one attached hydrogen (secondary N) is 1. The third-order valence-electron chi connectivity index (χ3n) is 4.80. The number of benzene rings is 2. The molecule has 0 saturated carbocycles. The predicted octanol–water partition coefficient (Wildman–Crippen LogP) is 3.32. The maximum atomic E-state index is 9.65. The van der Waals surface area contributed by atoms with Crippen molar-refractivity contribution in [3.8, 4) is 6.07 Å². The Morgan fingerprint density at radius 2 is 1.59 bits per heavy atom. The summed E-state index contributed by atoms with van der Waals surface area (Å²) in [6.45, 7) is 2.06. The second-order valence-corrected chi connectivity index (χ2v) is 6.16. The van der Waals surface area contributed by atoms with Gasteiger partial charge in [0.25, 0.3) is 0 Å². The van der Waals surface area contributed by atoms with Gasteiger partial charge in [0.2, 0.25) is 0 Å². The summed E-state index contributed by atoms with van der Waals surface area (Å²) in [5.74, 6) is 0.0415. The maximum Gasteiger partial charge on any atom is 0.110 e. The first-order chi connectivity index (χ1) is 10.6. The van der Waals surface area contributed by atoms with Gasteiger partial charge in [-0.05, 0) is 17.5 Å². The van der Waals surface area contributed by atoms with Crippen molar-refractivity contribution in [1.82, 2.24) is 5.32 Å². The van der Waals surface area contributed by atoms with Crippen LogP contribution in [0.4, 0.5) is 0 Å². The standard InChI is InChI=1S/C19H21N3/c1-14-18(16-10-6-3-7-11-16)22-17(12-19(14,21)13-20)15-8-4-2-5-9-15/h2-11,14,17-18,22H,12,21H2,1H3/t14-,17-,18+,19-/m0/s1. The minimum atomic E-state index is -0.827. The summed E-state index contributed by atoms with van der Waals surface area (Å²) in [5.41, 5.74) is 7.99. The van der Waals surface area contributed by atoms with E-state index in [1.54, 1.807) is 0 Å². The molecule has 0 aliphatic carbocycles. The van der Waals surface area contributed by atoms with Crippen LogP contribution in [0.3, 0.4) is 0 Å². The molecule has 3 rings (SSSR count). The van der Waals surface area contributed by atoms with Crippen LogP contribution in [-0.2, 0) is 0 Å². The Bertz CT molecular complexity index is 662. The van der Waals surface area contributed by atoms with Gasteiger partial charge in [0, 0.05) is 18.0 Å². The van der Waals surface area contributed by atoms with Crippen molar-refractivity contribution in [2.24, 2.45) is 11.7 Å². The van der Waals surface area contributed by atoms with Gasteiger partial charge in [-0.1, -0.05) is 67.6 Å². The first-order valence-electron chi connectivity index (χ1n) is 7.70. The smallest absolute Gasteiger partial charge is 0.110 e. The zero-order valence-corrected chi connectivity index (χ0v) is 12.7. The topological polar surface area (TPSA) is 61.8 Å². The number of rotatable bonds is 2. The molecule has 0 radical (unpaired) electrons. The molecule has 1 saturated heterocycles. The zero-order chi connectivity index (χ0) is 15.6. The average Bonchev–Trinajstić information content (AvgIpc) is 2.59. The molecule has 0 bridgehead atoms. The highest BCUT2D eigenvalue weighted by Gasteiger charge is 2.45. The number of nitriles is 1. The third kappa shape index (κ3) is 2.64. The minimum Gasteiger partial charge on any atom is -0.313 e. The lowest BCUT2D eigenvalue weighted by Gasteiger charge is -2.45. The van der Waals surface area contributed by atoms with Gasteiger partial charge in [-0.25, -0.2) is 0 Å². The van der Waals surface area contributed by atoms with Crippen molar-refractivity contribution >= 4 is 0 Å². The van der Waals surface area contributed by atoms with Crippen LogP contribution in [0.5, 0.6) is 0 Å². The first kappa shape index (κ1) is 14.8. The SMILES string of the molecule is C[C@H]1[C@H](c2ccccc2)N[C@H](c2ccccc2)C[C@]1(N)C#N. The van der Waals surface area contributed by atoms with Gasteiger partial charge in [-0.15, -0.1) is 0 Å². The van der Waals surface area contributed by atoms with E-state index in [4.69, 9.17) is 5.73 Å². The summed E-state index contributed by atoms with van der Waals surface area (Å²) in [7, 11) is 0. The molecular weight excluding hydrogens is 270 g/mol. The van der Waals surface area contributed by atoms with E-state index in [9.17, 15) is 5.26 Å². The molecule has 112 valence electrons. The number of hydrogen-bond acceptors (Lipinski definition) is 3. The Kier molecular flexibility index (Phi) is 3.98. The summed E-state index contributed by atoms with van der Waals surface area (Å²) in [6, 6.07) is 23.0. The average molecular weight is 291 g/mol. The number of nitrogens with two attached hydrogens (primary N) is 1. The molecule has 2 aromatic rings. The number of nitrogens with zero attached hydrogens (tertiary/aromatic N) is 1. The lowest BCUT2D eigenvalue weighted by molar-refractivity contribution is 0.170. The normalized spacial score (nSPS) is 31.4. The summed E-state index contributed by atoms with van der Waals surface area (Å²) >= 11 is 0. The van der Waals surface area contributed by atoms with E-state index in [2.05, 4.69) is 42.6 Å². The zero-order valence-electron chi connectivity index (χ0n) is 12.7. The highest BCUT2D eigenvalue weighted by molar-refractivity contribution is 5.29. The van der Waals surface area contributed by atoms with Crippen LogP contribution >= 0.6 is 0 Å². The molecule has 22 heavy (non-hydrogen) atoms. The van der Waals surface area contributed by atoms with E-state index in [0.717, 1.165) is 0 Å². The number of hydrogen-bond donors (Lipinski definition) is 2. The second kappa shape index (κ2) is 5.92. The predicted molar refractivity (Wildman–Crippen MR) is 87.8 cm³/mol. The van der Waals surface area contributed by atoms with Crippen molar-refractivity contribution in [3.63, 3.8) is 0 Å². The first-order valence-corrected chi connectivity index (χ1v) is 7.70. The molecule has 0 amide bonds. The molecule has 3 N–H and O–H groups in total. The second-order valence-electron chi connectivity index (χ2n) is 6.16. The lowest BCUT2D eigenvalue weighted by atomic mass is 9.71. The van der Waals surface area contributed by atoms with Crippen LogP contribution in [0.15, 0.2) is 60.7 Å². The van der Waals surface area contributed by atoms with Crippen LogP contribution in [0.2, 0.25) is 0 Å². The van der Waals surface area contributed by atoms with Crippen LogP contribution in [0.25, 0.3) is 0 Å². The number of piperidine rings is 1. The van der Waals surface area contributed by atoms with Crippen LogP contribution in [0, 0.1) is 17.2 Å². The van der Waals surface area contributed by atoms with E-state index in [1.807, 2.05) is 36.4 Å². The quantitative estimate of drug-likeness (QED) is 0.892. The molecule has 1 heterocycles.